The zero-order valence-corrected chi connectivity index (χ0v) is 26.1. The molecule has 3 aromatic rings. The van der Waals surface area contributed by atoms with Gasteiger partial charge < -0.3 is 20.3 Å². The fourth-order valence-corrected chi connectivity index (χ4v) is 8.17. The number of nitrogens with two attached hydrogens (primary N) is 1. The average molecular weight is 598 g/mol. The van der Waals surface area contributed by atoms with Gasteiger partial charge in [-0.1, -0.05) is 0 Å². The van der Waals surface area contributed by atoms with Crippen LogP contribution >= 0.6 is 11.3 Å². The molecule has 0 amide bonds. The number of hydrogen-bond acceptors (Lipinski definition) is 10. The van der Waals surface area contributed by atoms with E-state index in [1.54, 1.807) is 27.1 Å². The van der Waals surface area contributed by atoms with Gasteiger partial charge in [-0.3, -0.25) is 10.4 Å². The van der Waals surface area contributed by atoms with Gasteiger partial charge in [-0.15, -0.1) is 11.3 Å². The molecule has 12 heteroatoms. The number of nitrogens with one attached hydrogen (secondary N) is 2. The van der Waals surface area contributed by atoms with E-state index in [0.717, 1.165) is 54.2 Å². The molecule has 0 radical (unpaired) electrons. The third kappa shape index (κ3) is 4.84. The monoisotopic (exact) mass is 597 g/mol. The van der Waals surface area contributed by atoms with Gasteiger partial charge in [0.05, 0.1) is 27.1 Å². The Kier molecular flexibility index (Phi) is 6.95. The molecule has 2 unspecified atom stereocenters. The Morgan fingerprint density at radius 3 is 2.71 bits per heavy atom. The third-order valence-electron chi connectivity index (χ3n) is 8.41. The van der Waals surface area contributed by atoms with Gasteiger partial charge in [0, 0.05) is 25.2 Å². The Morgan fingerprint density at radius 2 is 2.00 bits per heavy atom. The maximum atomic E-state index is 13.1. The predicted octanol–water partition coefficient (Wildman–Crippen LogP) is 4.16. The second-order valence-corrected chi connectivity index (χ2v) is 15.3. The summed E-state index contributed by atoms with van der Waals surface area (Å²) in [6.45, 7) is 9.74. The van der Waals surface area contributed by atoms with Gasteiger partial charge in [-0.25, -0.2) is 13.4 Å². The summed E-state index contributed by atoms with van der Waals surface area (Å²) in [5.41, 5.74) is 13.0. The largest absolute Gasteiger partial charge is 0.490 e. The van der Waals surface area contributed by atoms with E-state index in [1.807, 2.05) is 11.4 Å². The lowest BCUT2D eigenvalue weighted by Crippen LogP contribution is -2.47. The number of likely N-dealkylation sites (tertiary alicyclic amines) is 1. The molecule has 220 valence electrons. The fourth-order valence-electron chi connectivity index (χ4n) is 6.28. The lowest BCUT2D eigenvalue weighted by molar-refractivity contribution is 0.249. The van der Waals surface area contributed by atoms with E-state index in [9.17, 15) is 8.42 Å². The van der Waals surface area contributed by atoms with E-state index in [0.29, 0.717) is 17.4 Å². The van der Waals surface area contributed by atoms with Crippen molar-refractivity contribution in [1.82, 2.24) is 14.7 Å². The molecular formula is C29H39N7O3S2. The van der Waals surface area contributed by atoms with Gasteiger partial charge >= 0.3 is 0 Å². The lowest BCUT2D eigenvalue weighted by Gasteiger charge is -2.35. The van der Waals surface area contributed by atoms with Crippen LogP contribution in [0.1, 0.15) is 66.7 Å². The van der Waals surface area contributed by atoms with Crippen LogP contribution in [0, 0.1) is 6.92 Å². The molecule has 41 heavy (non-hydrogen) atoms. The summed E-state index contributed by atoms with van der Waals surface area (Å²) in [5.74, 6) is 0.464. The quantitative estimate of drug-likeness (QED) is 0.400. The highest BCUT2D eigenvalue weighted by atomic mass is 32.2. The van der Waals surface area contributed by atoms with Crippen molar-refractivity contribution < 1.29 is 13.2 Å². The molecule has 1 aromatic carbocycles. The highest BCUT2D eigenvalue weighted by molar-refractivity contribution is 7.92. The molecule has 4 N–H and O–H groups in total. The number of sulfone groups is 1. The first kappa shape index (κ1) is 28.2. The number of thiophene rings is 1. The average Bonchev–Trinajstić information content (AvgIpc) is 3.62. The number of aliphatic imine (C=N–C) groups is 1. The Labute approximate surface area is 245 Å². The smallest absolute Gasteiger partial charge is 0.215 e. The SMILES string of the molecule is Cc1cc(C2(N)N=C(Nc3cn(C)nc3S(=O)(=O)C(C)C)c3sccc3N2)c2c(c1C1CCN(C)CC1)CC(C)O2. The molecule has 3 aliphatic rings. The van der Waals surface area contributed by atoms with Crippen LogP contribution in [0.3, 0.4) is 0 Å². The molecule has 0 bridgehead atoms. The van der Waals surface area contributed by atoms with Crippen molar-refractivity contribution in [2.24, 2.45) is 17.8 Å². The summed E-state index contributed by atoms with van der Waals surface area (Å²) in [6.07, 6.45) is 4.79. The first-order chi connectivity index (χ1) is 19.4. The van der Waals surface area contributed by atoms with Crippen LogP contribution in [0.15, 0.2) is 33.7 Å². The van der Waals surface area contributed by atoms with E-state index in [1.165, 1.54) is 32.7 Å². The van der Waals surface area contributed by atoms with Crippen LogP contribution in [0.4, 0.5) is 11.4 Å². The standard InChI is InChI=1S/C29H39N7O3S2/c1-16(2)41(37,38)28-23(15-36(6)34-28)31-27-26-22(9-12-40-26)32-29(30,33-27)21-13-17(3)24(19-7-10-35(5)11-8-19)20-14-18(4)39-25(20)21/h9,12-13,15-16,18-19,32H,7-8,10-11,14,30H2,1-6H3,(H,31,33). The highest BCUT2D eigenvalue weighted by Crippen LogP contribution is 2.47. The summed E-state index contributed by atoms with van der Waals surface area (Å²) >= 11 is 1.50. The van der Waals surface area contributed by atoms with Gasteiger partial charge in [0.15, 0.2) is 0 Å². The number of aromatic nitrogens is 2. The molecule has 0 aliphatic carbocycles. The van der Waals surface area contributed by atoms with Gasteiger partial charge in [0.1, 0.15) is 17.7 Å². The van der Waals surface area contributed by atoms with Crippen molar-refractivity contribution >= 4 is 38.4 Å². The molecule has 0 spiro atoms. The van der Waals surface area contributed by atoms with Gasteiger partial charge in [0.25, 0.3) is 0 Å². The van der Waals surface area contributed by atoms with Crippen molar-refractivity contribution in [1.29, 1.82) is 0 Å². The van der Waals surface area contributed by atoms with Gasteiger partial charge in [-0.2, -0.15) is 5.10 Å². The Morgan fingerprint density at radius 1 is 1.27 bits per heavy atom. The fraction of sp³-hybridized carbons (Fsp3) is 0.517. The molecule has 0 saturated carbocycles. The molecule has 1 saturated heterocycles. The number of aryl methyl sites for hydroxylation is 2. The number of piperidine rings is 1. The predicted molar refractivity (Wildman–Crippen MR) is 164 cm³/mol. The number of ether oxygens (including phenoxy) is 1. The van der Waals surface area contributed by atoms with E-state index in [2.05, 4.69) is 47.6 Å². The number of benzene rings is 1. The second kappa shape index (κ2) is 10.1. The molecule has 2 aromatic heterocycles. The minimum Gasteiger partial charge on any atom is -0.490 e. The van der Waals surface area contributed by atoms with Crippen LogP contribution < -0.4 is 21.1 Å². The van der Waals surface area contributed by atoms with Crippen LogP contribution in [0.5, 0.6) is 5.75 Å². The summed E-state index contributed by atoms with van der Waals surface area (Å²) in [4.78, 5) is 8.26. The molecule has 6 rings (SSSR count). The van der Waals surface area contributed by atoms with Crippen LogP contribution in [-0.2, 0) is 29.1 Å². The normalized spacial score (nSPS) is 23.1. The highest BCUT2D eigenvalue weighted by Gasteiger charge is 2.41. The number of nitrogens with zero attached hydrogens (tertiary/aromatic N) is 4. The first-order valence-electron chi connectivity index (χ1n) is 14.2. The molecule has 5 heterocycles. The van der Waals surface area contributed by atoms with Crippen LogP contribution in [0.2, 0.25) is 0 Å². The Balaban J connectivity index is 1.45. The van der Waals surface area contributed by atoms with Crippen LogP contribution in [-0.4, -0.2) is 60.4 Å². The summed E-state index contributed by atoms with van der Waals surface area (Å²) in [6, 6.07) is 4.10. The Hall–Kier alpha value is -2.93. The maximum Gasteiger partial charge on any atom is 0.215 e. The van der Waals surface area contributed by atoms with E-state index in [4.69, 9.17) is 15.5 Å². The second-order valence-electron chi connectivity index (χ2n) is 11.9. The van der Waals surface area contributed by atoms with Crippen molar-refractivity contribution in [2.45, 2.75) is 75.0 Å². The van der Waals surface area contributed by atoms with Crippen molar-refractivity contribution in [3.05, 3.63) is 50.8 Å². The first-order valence-corrected chi connectivity index (χ1v) is 16.6. The van der Waals surface area contributed by atoms with E-state index < -0.39 is 20.9 Å². The van der Waals surface area contributed by atoms with Gasteiger partial charge in [0.2, 0.25) is 20.7 Å². The van der Waals surface area contributed by atoms with Gasteiger partial charge in [-0.05, 0) is 95.2 Å². The number of fused-ring (bicyclic) bond motifs is 2. The Bertz CT molecular complexity index is 1630. The molecular weight excluding hydrogens is 558 g/mol. The van der Waals surface area contributed by atoms with E-state index in [-0.39, 0.29) is 11.1 Å². The number of anilines is 2. The summed E-state index contributed by atoms with van der Waals surface area (Å²) in [5, 5.41) is 12.4. The number of rotatable bonds is 5. The minimum absolute atomic E-state index is 0.00617. The molecule has 3 aliphatic heterocycles. The van der Waals surface area contributed by atoms with Crippen molar-refractivity contribution in [3.63, 3.8) is 0 Å². The third-order valence-corrected chi connectivity index (χ3v) is 11.4. The van der Waals surface area contributed by atoms with E-state index >= 15 is 0 Å². The summed E-state index contributed by atoms with van der Waals surface area (Å²) in [7, 11) is 0.251. The zero-order valence-electron chi connectivity index (χ0n) is 24.5. The maximum absolute atomic E-state index is 13.1. The topological polar surface area (TPSA) is 127 Å². The van der Waals surface area contributed by atoms with Crippen LogP contribution in [0.25, 0.3) is 0 Å². The minimum atomic E-state index is -3.64. The number of amidine groups is 1. The van der Waals surface area contributed by atoms with Crippen molar-refractivity contribution in [3.8, 4) is 5.75 Å². The van der Waals surface area contributed by atoms with Crippen molar-refractivity contribution in [2.75, 3.05) is 30.8 Å². The molecule has 2 atom stereocenters. The number of hydrogen-bond donors (Lipinski definition) is 3. The molecule has 1 fully saturated rings. The summed E-state index contributed by atoms with van der Waals surface area (Å²) < 4.78 is 34.2. The molecule has 10 nitrogen and oxygen atoms in total. The zero-order chi connectivity index (χ0) is 29.3. The lowest BCUT2D eigenvalue weighted by atomic mass is 9.81.